The van der Waals surface area contributed by atoms with Gasteiger partial charge in [0.25, 0.3) is 0 Å². The molecule has 0 bridgehead atoms. The summed E-state index contributed by atoms with van der Waals surface area (Å²) in [6.07, 6.45) is 2.95. The van der Waals surface area contributed by atoms with Gasteiger partial charge in [0.1, 0.15) is 12.4 Å². The molecule has 7 nitrogen and oxygen atoms in total. The van der Waals surface area contributed by atoms with Crippen molar-refractivity contribution >= 4 is 31.8 Å². The van der Waals surface area contributed by atoms with E-state index < -0.39 is 25.7 Å². The van der Waals surface area contributed by atoms with Crippen molar-refractivity contribution in [2.24, 2.45) is 0 Å². The molecule has 0 radical (unpaired) electrons. The van der Waals surface area contributed by atoms with Crippen molar-refractivity contribution in [2.45, 2.75) is 30.1 Å². The first-order valence-electron chi connectivity index (χ1n) is 14.7. The van der Waals surface area contributed by atoms with Crippen LogP contribution in [0.15, 0.2) is 120 Å². The number of sulfone groups is 1. The topological polar surface area (TPSA) is 109 Å². The van der Waals surface area contributed by atoms with Crippen LogP contribution in [-0.2, 0) is 32.3 Å². The molecule has 0 aliphatic heterocycles. The summed E-state index contributed by atoms with van der Waals surface area (Å²) in [4.78, 5) is 9.62. The Morgan fingerprint density at radius 1 is 0.830 bits per heavy atom. The zero-order valence-corrected chi connectivity index (χ0v) is 27.4. The van der Waals surface area contributed by atoms with Crippen LogP contribution in [0.2, 0.25) is 0 Å². The van der Waals surface area contributed by atoms with Crippen LogP contribution >= 0.6 is 0 Å². The minimum Gasteiger partial charge on any atom is -0.768 e. The first-order chi connectivity index (χ1) is 22.4. The summed E-state index contributed by atoms with van der Waals surface area (Å²) in [6.45, 7) is 3.58. The van der Waals surface area contributed by atoms with Crippen molar-refractivity contribution in [2.75, 3.05) is 6.26 Å². The highest BCUT2D eigenvalue weighted by Gasteiger charge is 2.33. The highest BCUT2D eigenvalue weighted by atomic mass is 32.2. The van der Waals surface area contributed by atoms with Gasteiger partial charge >= 0.3 is 0 Å². The third-order valence-corrected chi connectivity index (χ3v) is 11.0. The third-order valence-electron chi connectivity index (χ3n) is 8.30. The average Bonchev–Trinajstić information content (AvgIpc) is 3.07. The molecule has 238 valence electrons. The second-order valence-electron chi connectivity index (χ2n) is 11.7. The Labute approximate surface area is 275 Å². The summed E-state index contributed by atoms with van der Waals surface area (Å²) in [6, 6.07) is 31.4. The van der Waals surface area contributed by atoms with Crippen molar-refractivity contribution in [1.29, 1.82) is 0 Å². The lowest BCUT2D eigenvalue weighted by Crippen LogP contribution is -2.28. The SMILES string of the molecule is CC(C)(c1cc(-c2cccc(-c3ccc(OCc4ccc(F)cc4)nc3-c3ccc(S(=O)[O-])cc3)c2)c2ncccc2c1)S(C)(=O)=O. The Hall–Kier alpha value is -4.77. The second kappa shape index (κ2) is 12.8. The molecule has 0 saturated heterocycles. The van der Waals surface area contributed by atoms with Gasteiger partial charge in [0.05, 0.1) is 16.0 Å². The van der Waals surface area contributed by atoms with Crippen LogP contribution < -0.4 is 4.74 Å². The fraction of sp³-hybridized carbons (Fsp3) is 0.135. The molecular weight excluding hydrogens is 636 g/mol. The number of nitrogens with zero attached hydrogens (tertiary/aromatic N) is 2. The summed E-state index contributed by atoms with van der Waals surface area (Å²) in [5.74, 6) is 0.00410. The number of pyridine rings is 2. The maximum atomic E-state index is 13.4. The molecule has 2 heterocycles. The van der Waals surface area contributed by atoms with E-state index in [1.54, 1.807) is 50.4 Å². The molecular formula is C37H30FN2O5S2-. The molecule has 0 aliphatic rings. The summed E-state index contributed by atoms with van der Waals surface area (Å²) in [5, 5.41) is 0.822. The molecule has 1 atom stereocenters. The number of aromatic nitrogens is 2. The number of ether oxygens (including phenoxy) is 1. The summed E-state index contributed by atoms with van der Waals surface area (Å²) >= 11 is -2.38. The van der Waals surface area contributed by atoms with Gasteiger partial charge in [0.15, 0.2) is 9.84 Å². The Kier molecular flexibility index (Phi) is 8.76. The van der Waals surface area contributed by atoms with Gasteiger partial charge in [-0.1, -0.05) is 48.5 Å². The Morgan fingerprint density at radius 2 is 1.53 bits per heavy atom. The normalized spacial score (nSPS) is 12.6. The largest absolute Gasteiger partial charge is 0.768 e. The van der Waals surface area contributed by atoms with Crippen molar-refractivity contribution in [3.63, 3.8) is 0 Å². The van der Waals surface area contributed by atoms with Crippen LogP contribution in [0.4, 0.5) is 4.39 Å². The Morgan fingerprint density at radius 3 is 2.21 bits per heavy atom. The number of fused-ring (bicyclic) bond motifs is 1. The van der Waals surface area contributed by atoms with Gasteiger partial charge in [-0.2, -0.15) is 0 Å². The van der Waals surface area contributed by atoms with Crippen molar-refractivity contribution in [3.8, 4) is 39.4 Å². The van der Waals surface area contributed by atoms with E-state index in [2.05, 4.69) is 4.98 Å². The fourth-order valence-corrected chi connectivity index (χ4v) is 6.17. The minimum atomic E-state index is -3.44. The predicted octanol–water partition coefficient (Wildman–Crippen LogP) is 7.87. The van der Waals surface area contributed by atoms with Gasteiger partial charge in [-0.05, 0) is 102 Å². The lowest BCUT2D eigenvalue weighted by atomic mass is 9.91. The van der Waals surface area contributed by atoms with E-state index >= 15 is 0 Å². The fourth-order valence-electron chi connectivity index (χ4n) is 5.26. The van der Waals surface area contributed by atoms with Gasteiger partial charge < -0.3 is 9.29 Å². The van der Waals surface area contributed by atoms with Crippen molar-refractivity contribution in [3.05, 3.63) is 132 Å². The van der Waals surface area contributed by atoms with Gasteiger partial charge in [0, 0.05) is 45.5 Å². The lowest BCUT2D eigenvalue weighted by Gasteiger charge is -2.24. The summed E-state index contributed by atoms with van der Waals surface area (Å²) < 4.78 is 66.9. The molecule has 0 fully saturated rings. The highest BCUT2D eigenvalue weighted by Crippen LogP contribution is 2.39. The van der Waals surface area contributed by atoms with Crippen LogP contribution in [0.1, 0.15) is 25.0 Å². The van der Waals surface area contributed by atoms with E-state index in [1.165, 1.54) is 30.5 Å². The zero-order chi connectivity index (χ0) is 33.3. The molecule has 0 N–H and O–H groups in total. The predicted molar refractivity (Wildman–Crippen MR) is 182 cm³/mol. The molecule has 10 heteroatoms. The molecule has 47 heavy (non-hydrogen) atoms. The minimum absolute atomic E-state index is 0.150. The maximum absolute atomic E-state index is 13.4. The van der Waals surface area contributed by atoms with E-state index in [1.807, 2.05) is 54.6 Å². The molecule has 4 aromatic carbocycles. The number of hydrogen-bond donors (Lipinski definition) is 0. The molecule has 1 unspecified atom stereocenters. The lowest BCUT2D eigenvalue weighted by molar-refractivity contribution is 0.294. The number of halogens is 1. The van der Waals surface area contributed by atoms with Gasteiger partial charge in [-0.3, -0.25) is 9.19 Å². The van der Waals surface area contributed by atoms with Gasteiger partial charge in [0.2, 0.25) is 5.88 Å². The van der Waals surface area contributed by atoms with E-state index in [-0.39, 0.29) is 17.3 Å². The molecule has 0 spiro atoms. The zero-order valence-electron chi connectivity index (χ0n) is 25.8. The van der Waals surface area contributed by atoms with Crippen LogP contribution in [-0.4, -0.2) is 33.4 Å². The van der Waals surface area contributed by atoms with Crippen LogP contribution in [0.5, 0.6) is 5.88 Å². The Balaban J connectivity index is 1.47. The summed E-state index contributed by atoms with van der Waals surface area (Å²) in [7, 11) is -3.44. The first kappa shape index (κ1) is 32.2. The van der Waals surface area contributed by atoms with Crippen molar-refractivity contribution in [1.82, 2.24) is 9.97 Å². The third kappa shape index (κ3) is 6.71. The molecule has 6 aromatic rings. The molecule has 0 amide bonds. The molecule has 6 rings (SSSR count). The van der Waals surface area contributed by atoms with Gasteiger partial charge in [-0.25, -0.2) is 17.8 Å². The standard InChI is InChI=1S/C37H31FN2O5S2/c1-37(2,47(3,43)44)29-21-28-8-5-19-39-35(28)33(22-29)27-7-4-6-26(20-27)32-17-18-34(45-23-24-9-13-30(38)14-10-24)40-36(32)25-11-15-31(16-12-25)46(41)42/h4-22H,23H2,1-3H3,(H,41,42)/p-1. The van der Waals surface area contributed by atoms with E-state index in [4.69, 9.17) is 9.72 Å². The molecule has 2 aromatic heterocycles. The van der Waals surface area contributed by atoms with E-state index in [0.29, 0.717) is 22.7 Å². The monoisotopic (exact) mass is 665 g/mol. The number of hydrogen-bond acceptors (Lipinski definition) is 7. The quantitative estimate of drug-likeness (QED) is 0.145. The number of benzene rings is 4. The maximum Gasteiger partial charge on any atom is 0.214 e. The van der Waals surface area contributed by atoms with Crippen LogP contribution in [0.3, 0.4) is 0 Å². The first-order valence-corrected chi connectivity index (χ1v) is 17.6. The highest BCUT2D eigenvalue weighted by molar-refractivity contribution is 7.91. The van der Waals surface area contributed by atoms with Gasteiger partial charge in [-0.15, -0.1) is 0 Å². The second-order valence-corrected chi connectivity index (χ2v) is 15.2. The van der Waals surface area contributed by atoms with E-state index in [0.717, 1.165) is 38.7 Å². The van der Waals surface area contributed by atoms with Crippen molar-refractivity contribution < 1.29 is 26.3 Å². The smallest absolute Gasteiger partial charge is 0.214 e. The molecule has 0 aliphatic carbocycles. The number of rotatable bonds is 9. The average molecular weight is 666 g/mol. The van der Waals surface area contributed by atoms with E-state index in [9.17, 15) is 21.6 Å². The van der Waals surface area contributed by atoms with Crippen LogP contribution in [0, 0.1) is 5.82 Å². The molecule has 0 saturated carbocycles. The Bertz CT molecular complexity index is 2240. The van der Waals surface area contributed by atoms with Crippen LogP contribution in [0.25, 0.3) is 44.4 Å². The summed E-state index contributed by atoms with van der Waals surface area (Å²) in [5.41, 5.74) is 6.61.